The summed E-state index contributed by atoms with van der Waals surface area (Å²) in [5.74, 6) is -0.126. The Hall–Kier alpha value is -1.19. The van der Waals surface area contributed by atoms with Crippen LogP contribution in [-0.2, 0) is 4.79 Å². The number of carbonyl (C=O) groups is 1. The molecule has 0 aliphatic heterocycles. The van der Waals surface area contributed by atoms with Gasteiger partial charge in [-0.15, -0.1) is 11.3 Å². The largest absolute Gasteiger partial charge is 0.380 e. The van der Waals surface area contributed by atoms with Crippen molar-refractivity contribution in [1.29, 1.82) is 0 Å². The Morgan fingerprint density at radius 1 is 1.47 bits per heavy atom. The Labute approximate surface area is 92.2 Å². The molecule has 1 unspecified atom stereocenters. The molecule has 1 aromatic carbocycles. The van der Waals surface area contributed by atoms with Crippen molar-refractivity contribution < 1.29 is 9.90 Å². The van der Waals surface area contributed by atoms with Crippen LogP contribution in [-0.4, -0.2) is 10.9 Å². The molecule has 0 fully saturated rings. The van der Waals surface area contributed by atoms with Crippen LogP contribution in [0.2, 0.25) is 0 Å². The molecule has 0 aliphatic carbocycles. The molecule has 2 aromatic rings. The number of hydrogen-bond donors (Lipinski definition) is 1. The average molecular weight is 220 g/mol. The number of aliphatic hydroxyl groups excluding tert-OH is 1. The molecule has 0 radical (unpaired) electrons. The highest BCUT2D eigenvalue weighted by molar-refractivity contribution is 7.17. The van der Waals surface area contributed by atoms with Crippen LogP contribution in [0.5, 0.6) is 0 Å². The van der Waals surface area contributed by atoms with E-state index in [1.807, 2.05) is 29.6 Å². The molecule has 0 spiro atoms. The van der Waals surface area contributed by atoms with Crippen LogP contribution < -0.4 is 0 Å². The molecule has 1 heterocycles. The summed E-state index contributed by atoms with van der Waals surface area (Å²) in [6, 6.07) is 7.80. The second kappa shape index (κ2) is 4.13. The zero-order valence-electron chi connectivity index (χ0n) is 8.43. The van der Waals surface area contributed by atoms with Crippen molar-refractivity contribution in [2.75, 3.05) is 0 Å². The molecule has 78 valence electrons. The normalized spacial score (nSPS) is 12.9. The fourth-order valence-corrected chi connectivity index (χ4v) is 2.56. The average Bonchev–Trinajstić information content (AvgIpc) is 2.70. The molecule has 15 heavy (non-hydrogen) atoms. The van der Waals surface area contributed by atoms with E-state index >= 15 is 0 Å². The lowest BCUT2D eigenvalue weighted by atomic mass is 10.0. The molecule has 2 rings (SSSR count). The minimum Gasteiger partial charge on any atom is -0.380 e. The molecule has 3 heteroatoms. The van der Waals surface area contributed by atoms with E-state index in [1.165, 1.54) is 0 Å². The monoisotopic (exact) mass is 220 g/mol. The first kappa shape index (κ1) is 10.3. The van der Waals surface area contributed by atoms with E-state index in [0.717, 1.165) is 15.6 Å². The third-order valence-corrected chi connectivity index (χ3v) is 3.44. The number of rotatable bonds is 3. The highest BCUT2D eigenvalue weighted by Crippen LogP contribution is 2.30. The van der Waals surface area contributed by atoms with Crippen molar-refractivity contribution in [3.8, 4) is 0 Å². The maximum absolute atomic E-state index is 11.4. The summed E-state index contributed by atoms with van der Waals surface area (Å²) in [7, 11) is 0. The fraction of sp³-hybridized carbons (Fsp3) is 0.250. The Kier molecular flexibility index (Phi) is 2.84. The van der Waals surface area contributed by atoms with Crippen LogP contribution in [0.15, 0.2) is 29.6 Å². The highest BCUT2D eigenvalue weighted by atomic mass is 32.1. The SMILES string of the molecule is CCC(=O)C(O)c1csc2ccccc12. The summed E-state index contributed by atoms with van der Waals surface area (Å²) in [6.45, 7) is 1.76. The van der Waals surface area contributed by atoms with Crippen LogP contribution in [0, 0.1) is 0 Å². The number of thiophene rings is 1. The van der Waals surface area contributed by atoms with Gasteiger partial charge in [0.25, 0.3) is 0 Å². The van der Waals surface area contributed by atoms with Crippen molar-refractivity contribution in [3.63, 3.8) is 0 Å². The number of carbonyl (C=O) groups excluding carboxylic acids is 1. The van der Waals surface area contributed by atoms with Crippen molar-refractivity contribution >= 4 is 27.2 Å². The van der Waals surface area contributed by atoms with Crippen LogP contribution in [0.25, 0.3) is 10.1 Å². The minimum absolute atomic E-state index is 0.126. The van der Waals surface area contributed by atoms with Crippen molar-refractivity contribution in [2.24, 2.45) is 0 Å². The molecule has 1 atom stereocenters. The third-order valence-electron chi connectivity index (χ3n) is 2.46. The summed E-state index contributed by atoms with van der Waals surface area (Å²) in [5, 5.41) is 12.7. The van der Waals surface area contributed by atoms with Gasteiger partial charge in [0.15, 0.2) is 5.78 Å². The van der Waals surface area contributed by atoms with E-state index in [4.69, 9.17) is 0 Å². The molecule has 0 bridgehead atoms. The molecule has 0 saturated heterocycles. The first-order valence-corrected chi connectivity index (χ1v) is 5.79. The molecule has 0 saturated carbocycles. The predicted molar refractivity (Wildman–Crippen MR) is 62.1 cm³/mol. The number of fused-ring (bicyclic) bond motifs is 1. The Morgan fingerprint density at radius 2 is 2.20 bits per heavy atom. The van der Waals surface area contributed by atoms with Crippen LogP contribution in [0.4, 0.5) is 0 Å². The molecule has 2 nitrogen and oxygen atoms in total. The lowest BCUT2D eigenvalue weighted by molar-refractivity contribution is -0.127. The van der Waals surface area contributed by atoms with Crippen LogP contribution in [0.1, 0.15) is 25.0 Å². The maximum atomic E-state index is 11.4. The molecule has 0 aliphatic rings. The smallest absolute Gasteiger partial charge is 0.165 e. The lowest BCUT2D eigenvalue weighted by Gasteiger charge is -2.06. The standard InChI is InChI=1S/C12H12O2S/c1-2-10(13)12(14)9-7-15-11-6-4-3-5-8(9)11/h3-7,12,14H,2H2,1H3. The summed E-state index contributed by atoms with van der Waals surface area (Å²) >= 11 is 1.56. The third kappa shape index (κ3) is 1.80. The molecular weight excluding hydrogens is 208 g/mol. The highest BCUT2D eigenvalue weighted by Gasteiger charge is 2.18. The molecule has 1 N–H and O–H groups in total. The van der Waals surface area contributed by atoms with E-state index < -0.39 is 6.10 Å². The van der Waals surface area contributed by atoms with Gasteiger partial charge in [-0.05, 0) is 16.8 Å². The van der Waals surface area contributed by atoms with Gasteiger partial charge in [0, 0.05) is 16.7 Å². The van der Waals surface area contributed by atoms with Gasteiger partial charge < -0.3 is 5.11 Å². The fourth-order valence-electron chi connectivity index (χ4n) is 1.58. The number of hydrogen-bond acceptors (Lipinski definition) is 3. The first-order valence-electron chi connectivity index (χ1n) is 4.91. The van der Waals surface area contributed by atoms with Crippen molar-refractivity contribution in [1.82, 2.24) is 0 Å². The zero-order valence-corrected chi connectivity index (χ0v) is 9.25. The second-order valence-electron chi connectivity index (χ2n) is 3.41. The maximum Gasteiger partial charge on any atom is 0.165 e. The van der Waals surface area contributed by atoms with Crippen LogP contribution >= 0.6 is 11.3 Å². The van der Waals surface area contributed by atoms with Gasteiger partial charge in [-0.2, -0.15) is 0 Å². The van der Waals surface area contributed by atoms with E-state index in [1.54, 1.807) is 18.3 Å². The summed E-state index contributed by atoms with van der Waals surface area (Å²) in [5.41, 5.74) is 0.738. The van der Waals surface area contributed by atoms with E-state index in [2.05, 4.69) is 0 Å². The number of Topliss-reactive ketones (excluding diaryl/α,β-unsaturated/α-hetero) is 1. The van der Waals surface area contributed by atoms with Gasteiger partial charge in [-0.1, -0.05) is 25.1 Å². The van der Waals surface area contributed by atoms with E-state index in [-0.39, 0.29) is 5.78 Å². The summed E-state index contributed by atoms with van der Waals surface area (Å²) < 4.78 is 1.11. The number of benzene rings is 1. The summed E-state index contributed by atoms with van der Waals surface area (Å²) in [4.78, 5) is 11.4. The Morgan fingerprint density at radius 3 is 2.93 bits per heavy atom. The summed E-state index contributed by atoms with van der Waals surface area (Å²) in [6.07, 6.45) is -0.600. The number of ketones is 1. The molecule has 1 aromatic heterocycles. The van der Waals surface area contributed by atoms with E-state index in [9.17, 15) is 9.90 Å². The van der Waals surface area contributed by atoms with Gasteiger partial charge in [-0.25, -0.2) is 0 Å². The Bertz CT molecular complexity index is 487. The van der Waals surface area contributed by atoms with Gasteiger partial charge >= 0.3 is 0 Å². The quantitative estimate of drug-likeness (QED) is 0.863. The molecule has 0 amide bonds. The molecular formula is C12H12O2S. The lowest BCUT2D eigenvalue weighted by Crippen LogP contribution is -2.09. The van der Waals surface area contributed by atoms with Gasteiger partial charge in [-0.3, -0.25) is 4.79 Å². The van der Waals surface area contributed by atoms with Crippen molar-refractivity contribution in [3.05, 3.63) is 35.2 Å². The van der Waals surface area contributed by atoms with Gasteiger partial charge in [0.05, 0.1) is 0 Å². The van der Waals surface area contributed by atoms with Crippen molar-refractivity contribution in [2.45, 2.75) is 19.4 Å². The van der Waals surface area contributed by atoms with E-state index in [0.29, 0.717) is 6.42 Å². The van der Waals surface area contributed by atoms with Gasteiger partial charge in [0.2, 0.25) is 0 Å². The second-order valence-corrected chi connectivity index (χ2v) is 4.32. The first-order chi connectivity index (χ1) is 7.24. The topological polar surface area (TPSA) is 37.3 Å². The zero-order chi connectivity index (χ0) is 10.8. The Balaban J connectivity index is 2.48. The predicted octanol–water partition coefficient (Wildman–Crippen LogP) is 2.91. The minimum atomic E-state index is -0.967. The van der Waals surface area contributed by atoms with Gasteiger partial charge in [0.1, 0.15) is 6.10 Å². The van der Waals surface area contributed by atoms with Crippen LogP contribution in [0.3, 0.4) is 0 Å². The number of aliphatic hydroxyl groups is 1.